The van der Waals surface area contributed by atoms with Crippen LogP contribution in [0, 0.1) is 20.8 Å². The first kappa shape index (κ1) is 18.1. The summed E-state index contributed by atoms with van der Waals surface area (Å²) in [6, 6.07) is 9.35. The van der Waals surface area contributed by atoms with Gasteiger partial charge in [-0.25, -0.2) is 4.98 Å². The van der Waals surface area contributed by atoms with Gasteiger partial charge in [0.05, 0.1) is 5.56 Å². The van der Waals surface area contributed by atoms with Crippen LogP contribution in [0.15, 0.2) is 45.5 Å². The lowest BCUT2D eigenvalue weighted by molar-refractivity contribution is 0.101. The van der Waals surface area contributed by atoms with Crippen LogP contribution in [-0.2, 0) is 6.61 Å². The van der Waals surface area contributed by atoms with Crippen molar-refractivity contribution >= 4 is 27.7 Å². The molecule has 0 aliphatic rings. The molecular formula is C19H18BrN3O3. The van der Waals surface area contributed by atoms with Crippen LogP contribution in [0.3, 0.4) is 0 Å². The number of rotatable bonds is 5. The number of ether oxygens (including phenoxy) is 1. The topological polar surface area (TPSA) is 77.2 Å². The number of aryl methyl sites for hydroxylation is 2. The average Bonchev–Trinajstić information content (AvgIpc) is 2.99. The Morgan fingerprint density at radius 3 is 2.77 bits per heavy atom. The van der Waals surface area contributed by atoms with E-state index in [-0.39, 0.29) is 12.3 Å². The zero-order valence-electron chi connectivity index (χ0n) is 14.7. The number of carbonyl (C=O) groups is 1. The quantitative estimate of drug-likeness (QED) is 0.659. The first-order valence-electron chi connectivity index (χ1n) is 8.02. The summed E-state index contributed by atoms with van der Waals surface area (Å²) in [5, 5.41) is 6.59. The third-order valence-corrected chi connectivity index (χ3v) is 4.56. The summed E-state index contributed by atoms with van der Waals surface area (Å²) in [6.07, 6.45) is 1.61. The van der Waals surface area contributed by atoms with Gasteiger partial charge in [0, 0.05) is 10.7 Å². The lowest BCUT2D eigenvalue weighted by Gasteiger charge is -2.11. The highest BCUT2D eigenvalue weighted by Gasteiger charge is 2.21. The van der Waals surface area contributed by atoms with Crippen LogP contribution in [0.4, 0.5) is 5.82 Å². The maximum Gasteiger partial charge on any atom is 0.279 e. The molecule has 2 heterocycles. The molecule has 134 valence electrons. The van der Waals surface area contributed by atoms with Crippen molar-refractivity contribution in [2.24, 2.45) is 0 Å². The molecular weight excluding hydrogens is 398 g/mol. The highest BCUT2D eigenvalue weighted by atomic mass is 79.9. The number of hydrogen-bond acceptors (Lipinski definition) is 5. The van der Waals surface area contributed by atoms with E-state index in [2.05, 4.69) is 31.4 Å². The molecule has 3 rings (SSSR count). The van der Waals surface area contributed by atoms with Gasteiger partial charge in [-0.2, -0.15) is 0 Å². The Hall–Kier alpha value is -2.67. The van der Waals surface area contributed by atoms with E-state index in [1.54, 1.807) is 25.3 Å². The Kier molecular flexibility index (Phi) is 5.37. The maximum absolute atomic E-state index is 12.5. The summed E-state index contributed by atoms with van der Waals surface area (Å²) in [6.45, 7) is 5.97. The van der Waals surface area contributed by atoms with Crippen molar-refractivity contribution in [2.45, 2.75) is 27.4 Å². The standard InChI is InChI=1S/C19H18BrN3O3/c1-11-5-4-6-16(12(11)2)25-10-15-13(3)26-23-18(15)19(24)22-17-8-7-14(20)9-21-17/h4-9H,10H2,1-3H3,(H,21,22,24). The zero-order valence-corrected chi connectivity index (χ0v) is 16.3. The summed E-state index contributed by atoms with van der Waals surface area (Å²) in [7, 11) is 0. The Labute approximate surface area is 159 Å². The fraction of sp³-hybridized carbons (Fsp3) is 0.211. The van der Waals surface area contributed by atoms with E-state index in [1.165, 1.54) is 0 Å². The molecule has 0 bridgehead atoms. The van der Waals surface area contributed by atoms with Crippen molar-refractivity contribution in [3.8, 4) is 5.75 Å². The molecule has 0 fully saturated rings. The van der Waals surface area contributed by atoms with Gasteiger partial charge in [-0.1, -0.05) is 17.3 Å². The molecule has 0 saturated carbocycles. The van der Waals surface area contributed by atoms with Crippen LogP contribution in [0.5, 0.6) is 5.75 Å². The molecule has 1 N–H and O–H groups in total. The van der Waals surface area contributed by atoms with Crippen molar-refractivity contribution in [2.75, 3.05) is 5.32 Å². The van der Waals surface area contributed by atoms with Crippen molar-refractivity contribution in [3.05, 3.63) is 69.1 Å². The summed E-state index contributed by atoms with van der Waals surface area (Å²) in [5.74, 6) is 1.35. The van der Waals surface area contributed by atoms with Gasteiger partial charge in [0.2, 0.25) is 0 Å². The lowest BCUT2D eigenvalue weighted by Crippen LogP contribution is -2.16. The first-order valence-corrected chi connectivity index (χ1v) is 8.82. The van der Waals surface area contributed by atoms with Crippen LogP contribution in [0.2, 0.25) is 0 Å². The van der Waals surface area contributed by atoms with Crippen LogP contribution in [0.1, 0.15) is 32.9 Å². The van der Waals surface area contributed by atoms with Gasteiger partial charge in [-0.15, -0.1) is 0 Å². The molecule has 2 aromatic heterocycles. The number of nitrogens with one attached hydrogen (secondary N) is 1. The predicted molar refractivity (Wildman–Crippen MR) is 101 cm³/mol. The van der Waals surface area contributed by atoms with Crippen molar-refractivity contribution in [1.82, 2.24) is 10.1 Å². The van der Waals surface area contributed by atoms with Gasteiger partial charge >= 0.3 is 0 Å². The van der Waals surface area contributed by atoms with Crippen LogP contribution in [-0.4, -0.2) is 16.0 Å². The number of pyridine rings is 1. The normalized spacial score (nSPS) is 10.6. The third-order valence-electron chi connectivity index (χ3n) is 4.10. The minimum absolute atomic E-state index is 0.191. The Morgan fingerprint density at radius 1 is 1.23 bits per heavy atom. The molecule has 26 heavy (non-hydrogen) atoms. The second-order valence-corrected chi connectivity index (χ2v) is 6.78. The molecule has 0 aliphatic carbocycles. The van der Waals surface area contributed by atoms with Crippen LogP contribution in [0.25, 0.3) is 0 Å². The number of carbonyl (C=O) groups excluding carboxylic acids is 1. The highest BCUT2D eigenvalue weighted by Crippen LogP contribution is 2.23. The van der Waals surface area contributed by atoms with E-state index in [9.17, 15) is 4.79 Å². The van der Waals surface area contributed by atoms with Crippen LogP contribution >= 0.6 is 15.9 Å². The van der Waals surface area contributed by atoms with Crippen molar-refractivity contribution in [1.29, 1.82) is 0 Å². The van der Waals surface area contributed by atoms with Gasteiger partial charge < -0.3 is 14.6 Å². The fourth-order valence-electron chi connectivity index (χ4n) is 2.40. The lowest BCUT2D eigenvalue weighted by atomic mass is 10.1. The van der Waals surface area contributed by atoms with Gasteiger partial charge in [-0.3, -0.25) is 4.79 Å². The van der Waals surface area contributed by atoms with E-state index in [4.69, 9.17) is 9.26 Å². The van der Waals surface area contributed by atoms with Gasteiger partial charge in [-0.05, 0) is 66.0 Å². The summed E-state index contributed by atoms with van der Waals surface area (Å²) in [5.41, 5.74) is 3.01. The SMILES string of the molecule is Cc1cccc(OCc2c(C(=O)Nc3ccc(Br)cn3)noc2C)c1C. The molecule has 0 atom stereocenters. The molecule has 0 radical (unpaired) electrons. The molecule has 0 saturated heterocycles. The molecule has 7 heteroatoms. The molecule has 3 aromatic rings. The summed E-state index contributed by atoms with van der Waals surface area (Å²) < 4.78 is 11.9. The molecule has 0 unspecified atom stereocenters. The van der Waals surface area contributed by atoms with Gasteiger partial charge in [0.15, 0.2) is 5.69 Å². The minimum atomic E-state index is -0.392. The van der Waals surface area contributed by atoms with Crippen molar-refractivity contribution < 1.29 is 14.1 Å². The minimum Gasteiger partial charge on any atom is -0.488 e. The Bertz CT molecular complexity index is 936. The zero-order chi connectivity index (χ0) is 18.7. The van der Waals surface area contributed by atoms with Gasteiger partial charge in [0.25, 0.3) is 5.91 Å². The molecule has 6 nitrogen and oxygen atoms in total. The summed E-state index contributed by atoms with van der Waals surface area (Å²) >= 11 is 3.31. The number of anilines is 1. The number of hydrogen-bond donors (Lipinski definition) is 1. The number of amides is 1. The Morgan fingerprint density at radius 2 is 2.04 bits per heavy atom. The van der Waals surface area contributed by atoms with Crippen LogP contribution < -0.4 is 10.1 Å². The maximum atomic E-state index is 12.5. The number of nitrogens with zero attached hydrogens (tertiary/aromatic N) is 2. The van der Waals surface area contributed by atoms with Crippen molar-refractivity contribution in [3.63, 3.8) is 0 Å². The molecule has 0 spiro atoms. The van der Waals surface area contributed by atoms with E-state index in [0.29, 0.717) is 17.1 Å². The van der Waals surface area contributed by atoms with E-state index >= 15 is 0 Å². The largest absolute Gasteiger partial charge is 0.488 e. The number of aromatic nitrogens is 2. The van der Waals surface area contributed by atoms with E-state index in [1.807, 2.05) is 32.0 Å². The second kappa shape index (κ2) is 7.70. The first-order chi connectivity index (χ1) is 12.5. The molecule has 0 aliphatic heterocycles. The predicted octanol–water partition coefficient (Wildman–Crippen LogP) is 4.59. The number of halogens is 1. The third kappa shape index (κ3) is 3.94. The monoisotopic (exact) mass is 415 g/mol. The second-order valence-electron chi connectivity index (χ2n) is 5.87. The highest BCUT2D eigenvalue weighted by molar-refractivity contribution is 9.10. The Balaban J connectivity index is 1.76. The number of benzene rings is 1. The van der Waals surface area contributed by atoms with Gasteiger partial charge in [0.1, 0.15) is 23.9 Å². The van der Waals surface area contributed by atoms with E-state index < -0.39 is 5.91 Å². The summed E-state index contributed by atoms with van der Waals surface area (Å²) in [4.78, 5) is 16.7. The van der Waals surface area contributed by atoms with E-state index in [0.717, 1.165) is 21.3 Å². The average molecular weight is 416 g/mol. The smallest absolute Gasteiger partial charge is 0.279 e. The fourth-order valence-corrected chi connectivity index (χ4v) is 2.63. The molecule has 1 amide bonds. The molecule has 1 aromatic carbocycles.